The highest BCUT2D eigenvalue weighted by Crippen LogP contribution is 2.28. The molecule has 0 unspecified atom stereocenters. The van der Waals surface area contributed by atoms with Gasteiger partial charge in [-0.3, -0.25) is 19.8 Å². The predicted molar refractivity (Wildman–Crippen MR) is 137 cm³/mol. The van der Waals surface area contributed by atoms with Gasteiger partial charge in [0, 0.05) is 10.9 Å². The number of ether oxygens (including phenoxy) is 1. The van der Waals surface area contributed by atoms with Gasteiger partial charge >= 0.3 is 0 Å². The summed E-state index contributed by atoms with van der Waals surface area (Å²) in [5, 5.41) is 5.23. The molecular formula is C26H17N3O3S2. The molecule has 1 aliphatic heterocycles. The van der Waals surface area contributed by atoms with E-state index in [9.17, 15) is 9.59 Å². The number of carbonyl (C=O) groups excluding carboxylic acids is 2. The van der Waals surface area contributed by atoms with Crippen molar-refractivity contribution < 1.29 is 14.3 Å². The smallest absolute Gasteiger partial charge is 0.270 e. The van der Waals surface area contributed by atoms with Crippen LogP contribution in [0.15, 0.2) is 95.9 Å². The molecule has 1 fully saturated rings. The summed E-state index contributed by atoms with van der Waals surface area (Å²) in [6.45, 7) is 0. The quantitative estimate of drug-likeness (QED) is 0.233. The summed E-state index contributed by atoms with van der Waals surface area (Å²) in [6, 6.07) is 26.0. The fourth-order valence-electron chi connectivity index (χ4n) is 3.39. The lowest BCUT2D eigenvalue weighted by Gasteiger charge is -2.28. The summed E-state index contributed by atoms with van der Waals surface area (Å²) in [4.78, 5) is 31.7. The van der Waals surface area contributed by atoms with Crippen LogP contribution in [0, 0.1) is 0 Å². The number of carbonyl (C=O) groups is 2. The van der Waals surface area contributed by atoms with Crippen LogP contribution < -0.4 is 15.0 Å². The molecule has 1 N–H and O–H groups in total. The molecular weight excluding hydrogens is 466 g/mol. The highest BCUT2D eigenvalue weighted by atomic mass is 32.1. The molecule has 2 amide bonds. The molecule has 0 aliphatic carbocycles. The largest absolute Gasteiger partial charge is 0.457 e. The van der Waals surface area contributed by atoms with Gasteiger partial charge in [0.05, 0.1) is 11.4 Å². The van der Waals surface area contributed by atoms with Crippen molar-refractivity contribution in [3.05, 3.63) is 102 Å². The number of nitrogens with zero attached hydrogens (tertiary/aromatic N) is 2. The average molecular weight is 484 g/mol. The van der Waals surface area contributed by atoms with Gasteiger partial charge < -0.3 is 4.74 Å². The van der Waals surface area contributed by atoms with Gasteiger partial charge in [-0.1, -0.05) is 48.5 Å². The second-order valence-corrected chi connectivity index (χ2v) is 8.56. The van der Waals surface area contributed by atoms with Crippen LogP contribution in [0.3, 0.4) is 0 Å². The number of thiazole rings is 1. The Bertz CT molecular complexity index is 1400. The minimum atomic E-state index is -0.551. The first-order chi connectivity index (χ1) is 16.6. The average Bonchev–Trinajstić information content (AvgIpc) is 3.33. The molecule has 0 bridgehead atoms. The third kappa shape index (κ3) is 4.50. The number of aromatic nitrogens is 1. The minimum Gasteiger partial charge on any atom is -0.457 e. The Morgan fingerprint density at radius 2 is 1.53 bits per heavy atom. The predicted octanol–water partition coefficient (Wildman–Crippen LogP) is 5.43. The highest BCUT2D eigenvalue weighted by Gasteiger charge is 2.34. The van der Waals surface area contributed by atoms with E-state index in [-0.39, 0.29) is 10.7 Å². The number of thiocarbonyl (C=S) groups is 1. The normalized spacial score (nSPS) is 14.9. The minimum absolute atomic E-state index is 0.0205. The second-order valence-electron chi connectivity index (χ2n) is 7.31. The third-order valence-corrected chi connectivity index (χ3v) is 6.20. The van der Waals surface area contributed by atoms with E-state index in [0.29, 0.717) is 22.9 Å². The fourth-order valence-corrected chi connectivity index (χ4v) is 4.46. The number of amides is 2. The van der Waals surface area contributed by atoms with Crippen molar-refractivity contribution in [1.29, 1.82) is 0 Å². The van der Waals surface area contributed by atoms with Crippen molar-refractivity contribution in [2.75, 3.05) is 4.90 Å². The Hall–Kier alpha value is -4.14. The number of para-hydroxylation sites is 1. The van der Waals surface area contributed by atoms with Gasteiger partial charge in [0.25, 0.3) is 11.8 Å². The van der Waals surface area contributed by atoms with E-state index in [4.69, 9.17) is 17.0 Å². The lowest BCUT2D eigenvalue weighted by molar-refractivity contribution is -0.122. The molecule has 6 nitrogen and oxygen atoms in total. The summed E-state index contributed by atoms with van der Waals surface area (Å²) in [6.07, 6.45) is 1.49. The van der Waals surface area contributed by atoms with Crippen LogP contribution in [0.4, 0.5) is 5.69 Å². The summed E-state index contributed by atoms with van der Waals surface area (Å²) < 4.78 is 5.81. The van der Waals surface area contributed by atoms with E-state index in [1.54, 1.807) is 24.3 Å². The van der Waals surface area contributed by atoms with Crippen molar-refractivity contribution in [2.45, 2.75) is 0 Å². The standard InChI is InChI=1S/C26H17N3O3S2/c30-23-22(15-18-16-34-24(27-18)17-7-3-1-4-8-17)25(31)29(26(33)28-23)19-11-13-21(14-12-19)32-20-9-5-2-6-10-20/h1-16H,(H,28,30,33). The van der Waals surface area contributed by atoms with Gasteiger partial charge in [0.1, 0.15) is 22.1 Å². The third-order valence-electron chi connectivity index (χ3n) is 5.01. The Morgan fingerprint density at radius 3 is 2.24 bits per heavy atom. The second kappa shape index (κ2) is 9.38. The molecule has 3 aromatic carbocycles. The molecule has 0 atom stereocenters. The lowest BCUT2D eigenvalue weighted by atomic mass is 10.1. The molecule has 1 aromatic heterocycles. The molecule has 0 radical (unpaired) electrons. The Kier molecular flexibility index (Phi) is 5.99. The topological polar surface area (TPSA) is 71.5 Å². The zero-order valence-corrected chi connectivity index (χ0v) is 19.3. The van der Waals surface area contributed by atoms with Crippen LogP contribution in [-0.4, -0.2) is 21.9 Å². The Labute approximate surface area is 205 Å². The zero-order valence-electron chi connectivity index (χ0n) is 17.7. The van der Waals surface area contributed by atoms with Crippen LogP contribution >= 0.6 is 23.6 Å². The van der Waals surface area contributed by atoms with Crippen molar-refractivity contribution in [2.24, 2.45) is 0 Å². The molecule has 34 heavy (non-hydrogen) atoms. The monoisotopic (exact) mass is 483 g/mol. The first-order valence-corrected chi connectivity index (χ1v) is 11.6. The van der Waals surface area contributed by atoms with E-state index >= 15 is 0 Å². The van der Waals surface area contributed by atoms with Gasteiger partial charge in [-0.15, -0.1) is 11.3 Å². The maximum atomic E-state index is 13.3. The SMILES string of the molecule is O=C1NC(=S)N(c2ccc(Oc3ccccc3)cc2)C(=O)C1=Cc1csc(-c2ccccc2)n1. The van der Waals surface area contributed by atoms with E-state index in [1.807, 2.05) is 66.0 Å². The first-order valence-electron chi connectivity index (χ1n) is 10.3. The van der Waals surface area contributed by atoms with Crippen molar-refractivity contribution in [3.63, 3.8) is 0 Å². The number of benzene rings is 3. The van der Waals surface area contributed by atoms with E-state index in [1.165, 1.54) is 22.3 Å². The van der Waals surface area contributed by atoms with Gasteiger partial charge in [-0.05, 0) is 54.7 Å². The number of hydrogen-bond donors (Lipinski definition) is 1. The van der Waals surface area contributed by atoms with Crippen molar-refractivity contribution in [1.82, 2.24) is 10.3 Å². The molecule has 0 spiro atoms. The molecule has 0 saturated carbocycles. The number of hydrogen-bond acceptors (Lipinski definition) is 6. The van der Waals surface area contributed by atoms with Gasteiger partial charge in [0.15, 0.2) is 5.11 Å². The molecule has 8 heteroatoms. The molecule has 1 saturated heterocycles. The lowest BCUT2D eigenvalue weighted by Crippen LogP contribution is -2.54. The summed E-state index contributed by atoms with van der Waals surface area (Å²) >= 11 is 6.73. The summed E-state index contributed by atoms with van der Waals surface area (Å²) in [5.41, 5.74) is 1.98. The van der Waals surface area contributed by atoms with Crippen LogP contribution in [-0.2, 0) is 9.59 Å². The van der Waals surface area contributed by atoms with E-state index in [0.717, 1.165) is 10.6 Å². The Balaban J connectivity index is 1.39. The van der Waals surface area contributed by atoms with Gasteiger partial charge in [0.2, 0.25) is 0 Å². The molecule has 4 aromatic rings. The van der Waals surface area contributed by atoms with Crippen LogP contribution in [0.1, 0.15) is 5.69 Å². The van der Waals surface area contributed by atoms with Crippen LogP contribution in [0.2, 0.25) is 0 Å². The van der Waals surface area contributed by atoms with Crippen LogP contribution in [0.5, 0.6) is 11.5 Å². The summed E-state index contributed by atoms with van der Waals surface area (Å²) in [5.74, 6) is 0.251. The molecule has 5 rings (SSSR count). The van der Waals surface area contributed by atoms with Crippen molar-refractivity contribution in [3.8, 4) is 22.1 Å². The maximum absolute atomic E-state index is 13.3. The zero-order chi connectivity index (χ0) is 23.5. The maximum Gasteiger partial charge on any atom is 0.270 e. The Morgan fingerprint density at radius 1 is 0.882 bits per heavy atom. The fraction of sp³-hybridized carbons (Fsp3) is 0. The van der Waals surface area contributed by atoms with E-state index < -0.39 is 11.8 Å². The summed E-state index contributed by atoms with van der Waals surface area (Å²) in [7, 11) is 0. The number of nitrogens with one attached hydrogen (secondary N) is 1. The molecule has 2 heterocycles. The van der Waals surface area contributed by atoms with E-state index in [2.05, 4.69) is 10.3 Å². The highest BCUT2D eigenvalue weighted by molar-refractivity contribution is 7.80. The molecule has 166 valence electrons. The van der Waals surface area contributed by atoms with Gasteiger partial charge in [-0.25, -0.2) is 4.98 Å². The number of anilines is 1. The van der Waals surface area contributed by atoms with Crippen molar-refractivity contribution >= 4 is 52.2 Å². The van der Waals surface area contributed by atoms with Gasteiger partial charge in [-0.2, -0.15) is 0 Å². The first kappa shape index (κ1) is 21.7. The number of rotatable bonds is 5. The molecule has 1 aliphatic rings. The van der Waals surface area contributed by atoms with Crippen LogP contribution in [0.25, 0.3) is 16.6 Å².